The van der Waals surface area contributed by atoms with Crippen LogP contribution in [-0.4, -0.2) is 23.3 Å². The predicted molar refractivity (Wildman–Crippen MR) is 114 cm³/mol. The van der Waals surface area contributed by atoms with Crippen LogP contribution in [0, 0.1) is 0 Å². The Bertz CT molecular complexity index is 802. The first-order chi connectivity index (χ1) is 13.3. The molecule has 0 aliphatic rings. The van der Waals surface area contributed by atoms with Crippen LogP contribution in [0.3, 0.4) is 0 Å². The molecule has 0 spiro atoms. The number of amides is 2. The summed E-state index contributed by atoms with van der Waals surface area (Å²) in [6.07, 6.45) is 3.42. The van der Waals surface area contributed by atoms with Crippen molar-refractivity contribution >= 4 is 17.5 Å². The van der Waals surface area contributed by atoms with Crippen molar-refractivity contribution in [3.63, 3.8) is 0 Å². The number of benzene rings is 1. The molecule has 0 atom stereocenters. The number of aromatic nitrogens is 1. The third-order valence-corrected chi connectivity index (χ3v) is 4.68. The maximum atomic E-state index is 12.9. The minimum Gasteiger partial charge on any atom is -0.351 e. The minimum absolute atomic E-state index is 0.236. The molecule has 0 fully saturated rings. The quantitative estimate of drug-likeness (QED) is 0.624. The highest BCUT2D eigenvalue weighted by Gasteiger charge is 2.18. The van der Waals surface area contributed by atoms with Gasteiger partial charge in [-0.3, -0.25) is 14.6 Å². The Hall–Kier alpha value is -2.69. The summed E-state index contributed by atoms with van der Waals surface area (Å²) in [5, 5.41) is 5.91. The van der Waals surface area contributed by atoms with Crippen LogP contribution in [-0.2, 0) is 0 Å². The molecule has 0 saturated heterocycles. The van der Waals surface area contributed by atoms with E-state index in [0.717, 1.165) is 29.7 Å². The van der Waals surface area contributed by atoms with Gasteiger partial charge in [-0.15, -0.1) is 0 Å². The summed E-state index contributed by atoms with van der Waals surface area (Å²) in [6.45, 7) is 11.1. The first-order valence-corrected chi connectivity index (χ1v) is 10.0. The second kappa shape index (κ2) is 10.0. The van der Waals surface area contributed by atoms with Crippen LogP contribution in [0.4, 0.5) is 5.69 Å². The number of unbranched alkanes of at least 4 members (excludes halogenated alkanes) is 1. The van der Waals surface area contributed by atoms with Crippen molar-refractivity contribution in [2.75, 3.05) is 11.9 Å². The van der Waals surface area contributed by atoms with Gasteiger partial charge in [-0.05, 0) is 41.5 Å². The van der Waals surface area contributed by atoms with E-state index in [4.69, 9.17) is 0 Å². The van der Waals surface area contributed by atoms with Crippen LogP contribution in [0.2, 0.25) is 0 Å². The monoisotopic (exact) mass is 381 g/mol. The Balaban J connectivity index is 2.27. The lowest BCUT2D eigenvalue weighted by atomic mass is 9.92. The van der Waals surface area contributed by atoms with E-state index in [1.54, 1.807) is 12.1 Å². The maximum Gasteiger partial charge on any atom is 0.269 e. The Kier molecular flexibility index (Phi) is 7.73. The smallest absolute Gasteiger partial charge is 0.269 e. The average Bonchev–Trinajstić information content (AvgIpc) is 2.67. The lowest BCUT2D eigenvalue weighted by molar-refractivity contribution is 0.0948. The Morgan fingerprint density at radius 2 is 1.64 bits per heavy atom. The molecule has 5 nitrogen and oxygen atoms in total. The van der Waals surface area contributed by atoms with Crippen molar-refractivity contribution < 1.29 is 9.59 Å². The number of rotatable bonds is 8. The number of carbonyl (C=O) groups is 2. The fourth-order valence-corrected chi connectivity index (χ4v) is 3.05. The second-order valence-corrected chi connectivity index (χ2v) is 7.61. The lowest BCUT2D eigenvalue weighted by Gasteiger charge is -2.20. The van der Waals surface area contributed by atoms with Crippen molar-refractivity contribution in [1.82, 2.24) is 10.3 Å². The Morgan fingerprint density at radius 1 is 1.00 bits per heavy atom. The maximum absolute atomic E-state index is 12.9. The zero-order valence-corrected chi connectivity index (χ0v) is 17.5. The van der Waals surface area contributed by atoms with Crippen LogP contribution >= 0.6 is 0 Å². The number of carbonyl (C=O) groups excluding carboxylic acids is 2. The molecule has 0 saturated carbocycles. The lowest BCUT2D eigenvalue weighted by Crippen LogP contribution is -2.26. The highest BCUT2D eigenvalue weighted by atomic mass is 16.2. The third kappa shape index (κ3) is 5.41. The summed E-state index contributed by atoms with van der Waals surface area (Å²) >= 11 is 0. The molecule has 0 bridgehead atoms. The fraction of sp³-hybridized carbons (Fsp3) is 0.435. The number of nitrogens with zero attached hydrogens (tertiary/aromatic N) is 1. The number of para-hydroxylation sites is 1. The highest BCUT2D eigenvalue weighted by Crippen LogP contribution is 2.32. The SMILES string of the molecule is CCCCNC(=O)c1cc(C(=O)Nc2c(C(C)C)cccc2C(C)C)ccn1. The molecule has 0 unspecified atom stereocenters. The second-order valence-electron chi connectivity index (χ2n) is 7.61. The van der Waals surface area contributed by atoms with Gasteiger partial charge >= 0.3 is 0 Å². The number of anilines is 1. The number of hydrogen-bond acceptors (Lipinski definition) is 3. The normalized spacial score (nSPS) is 11.0. The van der Waals surface area contributed by atoms with Crippen LogP contribution < -0.4 is 10.6 Å². The van der Waals surface area contributed by atoms with E-state index in [1.807, 2.05) is 18.2 Å². The molecule has 1 aromatic heterocycles. The molecule has 0 aliphatic heterocycles. The standard InChI is InChI=1S/C23H31N3O2/c1-6-7-12-25-23(28)20-14-17(11-13-24-20)22(27)26-21-18(15(2)3)9-8-10-19(21)16(4)5/h8-11,13-16H,6-7,12H2,1-5H3,(H,25,28)(H,26,27). The number of hydrogen-bond donors (Lipinski definition) is 2. The first-order valence-electron chi connectivity index (χ1n) is 10.0. The zero-order chi connectivity index (χ0) is 20.7. The molecule has 2 rings (SSSR count). The van der Waals surface area contributed by atoms with Gasteiger partial charge in [-0.1, -0.05) is 59.2 Å². The van der Waals surface area contributed by atoms with Crippen molar-refractivity contribution in [3.8, 4) is 0 Å². The number of nitrogens with one attached hydrogen (secondary N) is 2. The van der Waals surface area contributed by atoms with Gasteiger partial charge in [0.25, 0.3) is 11.8 Å². The fourth-order valence-electron chi connectivity index (χ4n) is 3.05. The first kappa shape index (κ1) is 21.6. The van der Waals surface area contributed by atoms with E-state index in [2.05, 4.69) is 50.2 Å². The summed E-state index contributed by atoms with van der Waals surface area (Å²) < 4.78 is 0. The van der Waals surface area contributed by atoms with E-state index >= 15 is 0 Å². The molecule has 2 aromatic rings. The topological polar surface area (TPSA) is 71.1 Å². The largest absolute Gasteiger partial charge is 0.351 e. The Morgan fingerprint density at radius 3 is 2.21 bits per heavy atom. The van der Waals surface area contributed by atoms with Crippen LogP contribution in [0.15, 0.2) is 36.5 Å². The number of pyridine rings is 1. The van der Waals surface area contributed by atoms with Gasteiger partial charge in [-0.25, -0.2) is 0 Å². The highest BCUT2D eigenvalue weighted by molar-refractivity contribution is 6.06. The van der Waals surface area contributed by atoms with Crippen molar-refractivity contribution in [3.05, 3.63) is 58.9 Å². The van der Waals surface area contributed by atoms with Crippen LogP contribution in [0.5, 0.6) is 0 Å². The van der Waals surface area contributed by atoms with Gasteiger partial charge in [0, 0.05) is 24.0 Å². The molecule has 2 amide bonds. The van der Waals surface area contributed by atoms with E-state index < -0.39 is 0 Å². The summed E-state index contributed by atoms with van der Waals surface area (Å²) in [5.74, 6) is 0.0752. The summed E-state index contributed by atoms with van der Waals surface area (Å²) in [7, 11) is 0. The molecule has 2 N–H and O–H groups in total. The summed E-state index contributed by atoms with van der Waals surface area (Å²) in [4.78, 5) is 29.3. The summed E-state index contributed by atoms with van der Waals surface area (Å²) in [6, 6.07) is 9.30. The molecule has 150 valence electrons. The van der Waals surface area contributed by atoms with Crippen molar-refractivity contribution in [1.29, 1.82) is 0 Å². The van der Waals surface area contributed by atoms with Crippen molar-refractivity contribution in [2.24, 2.45) is 0 Å². The molecule has 5 heteroatoms. The molecule has 1 heterocycles. The Labute approximate surface area is 168 Å². The van der Waals surface area contributed by atoms with Gasteiger partial charge in [0.1, 0.15) is 5.69 Å². The van der Waals surface area contributed by atoms with E-state index in [1.165, 1.54) is 6.20 Å². The van der Waals surface area contributed by atoms with Gasteiger partial charge < -0.3 is 10.6 Å². The van der Waals surface area contributed by atoms with Gasteiger partial charge in [0.2, 0.25) is 0 Å². The van der Waals surface area contributed by atoms with Gasteiger partial charge in [-0.2, -0.15) is 0 Å². The molecule has 0 aliphatic carbocycles. The third-order valence-electron chi connectivity index (χ3n) is 4.68. The summed E-state index contributed by atoms with van der Waals surface area (Å²) in [5.41, 5.74) is 3.74. The molecule has 28 heavy (non-hydrogen) atoms. The molecule has 1 aromatic carbocycles. The molecule has 0 radical (unpaired) electrons. The average molecular weight is 382 g/mol. The molecular weight excluding hydrogens is 350 g/mol. The van der Waals surface area contributed by atoms with Gasteiger partial charge in [0.05, 0.1) is 0 Å². The van der Waals surface area contributed by atoms with E-state index in [0.29, 0.717) is 12.1 Å². The molecular formula is C23H31N3O2. The van der Waals surface area contributed by atoms with Crippen LogP contribution in [0.1, 0.15) is 91.3 Å². The zero-order valence-electron chi connectivity index (χ0n) is 17.5. The van der Waals surface area contributed by atoms with E-state index in [-0.39, 0.29) is 29.3 Å². The predicted octanol–water partition coefficient (Wildman–Crippen LogP) is 5.11. The minimum atomic E-state index is -0.256. The van der Waals surface area contributed by atoms with Gasteiger partial charge in [0.15, 0.2) is 0 Å². The van der Waals surface area contributed by atoms with Crippen molar-refractivity contribution in [2.45, 2.75) is 59.3 Å². The van der Waals surface area contributed by atoms with Crippen LogP contribution in [0.25, 0.3) is 0 Å². The van der Waals surface area contributed by atoms with E-state index in [9.17, 15) is 9.59 Å².